The molecule has 1 N–H and O–H groups in total. The number of hydrogen-bond donors (Lipinski definition) is 1. The number of carbonyl (C=O) groups is 1. The predicted octanol–water partition coefficient (Wildman–Crippen LogP) is 1.53. The third-order valence-electron chi connectivity index (χ3n) is 3.83. The Morgan fingerprint density at radius 3 is 2.70 bits per heavy atom. The van der Waals surface area contributed by atoms with Crippen molar-refractivity contribution >= 4 is 21.4 Å². The summed E-state index contributed by atoms with van der Waals surface area (Å²) in [4.78, 5) is 13.8. The number of sulfone groups is 1. The van der Waals surface area contributed by atoms with Crippen LogP contribution in [0.2, 0.25) is 0 Å². The monoisotopic (exact) mass is 340 g/mol. The summed E-state index contributed by atoms with van der Waals surface area (Å²) < 4.78 is 28.7. The molecule has 7 heteroatoms. The van der Waals surface area contributed by atoms with E-state index in [9.17, 15) is 13.2 Å². The largest absolute Gasteiger partial charge is 0.489 e. The van der Waals surface area contributed by atoms with Gasteiger partial charge >= 0.3 is 0 Å². The van der Waals surface area contributed by atoms with E-state index in [0.717, 1.165) is 5.69 Å². The number of anilines is 1. The molecule has 1 unspecified atom stereocenters. The molecule has 0 spiro atoms. The first kappa shape index (κ1) is 17.6. The highest BCUT2D eigenvalue weighted by atomic mass is 32.2. The average molecular weight is 340 g/mol. The van der Waals surface area contributed by atoms with Crippen LogP contribution in [0.3, 0.4) is 0 Å². The van der Waals surface area contributed by atoms with Crippen LogP contribution in [0, 0.1) is 0 Å². The molecule has 0 aliphatic carbocycles. The van der Waals surface area contributed by atoms with Crippen molar-refractivity contribution in [3.05, 3.63) is 24.3 Å². The van der Waals surface area contributed by atoms with Gasteiger partial charge in [-0.3, -0.25) is 4.79 Å². The molecule has 2 rings (SSSR count). The van der Waals surface area contributed by atoms with E-state index in [-0.39, 0.29) is 36.1 Å². The highest BCUT2D eigenvalue weighted by Crippen LogP contribution is 2.25. The van der Waals surface area contributed by atoms with E-state index in [1.807, 2.05) is 38.1 Å². The van der Waals surface area contributed by atoms with Crippen LogP contribution in [0.25, 0.3) is 0 Å². The van der Waals surface area contributed by atoms with Crippen molar-refractivity contribution in [2.75, 3.05) is 30.4 Å². The maximum absolute atomic E-state index is 12.3. The molecule has 1 saturated heterocycles. The second-order valence-electron chi connectivity index (χ2n) is 6.08. The summed E-state index contributed by atoms with van der Waals surface area (Å²) in [6.45, 7) is 3.98. The minimum Gasteiger partial charge on any atom is -0.489 e. The van der Waals surface area contributed by atoms with Crippen molar-refractivity contribution in [2.45, 2.75) is 32.4 Å². The number of para-hydroxylation sites is 2. The van der Waals surface area contributed by atoms with Crippen LogP contribution < -0.4 is 10.1 Å². The van der Waals surface area contributed by atoms with E-state index in [1.54, 1.807) is 7.05 Å². The topological polar surface area (TPSA) is 75.7 Å². The Morgan fingerprint density at radius 1 is 1.39 bits per heavy atom. The molecule has 23 heavy (non-hydrogen) atoms. The standard InChI is InChI=1S/C16H24N2O4S/c1-12(2)22-15-7-5-4-6-14(15)17-10-16(19)18(3)13-8-9-23(20,21)11-13/h4-7,12-13,17H,8-11H2,1-3H3. The summed E-state index contributed by atoms with van der Waals surface area (Å²) in [7, 11) is -1.34. The van der Waals surface area contributed by atoms with E-state index in [2.05, 4.69) is 5.32 Å². The van der Waals surface area contributed by atoms with Crippen molar-refractivity contribution in [2.24, 2.45) is 0 Å². The molecule has 1 aromatic rings. The third kappa shape index (κ3) is 4.86. The molecule has 1 fully saturated rings. The second-order valence-corrected chi connectivity index (χ2v) is 8.31. The van der Waals surface area contributed by atoms with Gasteiger partial charge in [0.15, 0.2) is 9.84 Å². The van der Waals surface area contributed by atoms with Crippen LogP contribution in [0.1, 0.15) is 20.3 Å². The van der Waals surface area contributed by atoms with Crippen LogP contribution in [-0.2, 0) is 14.6 Å². The van der Waals surface area contributed by atoms with Gasteiger partial charge in [-0.2, -0.15) is 0 Å². The van der Waals surface area contributed by atoms with Crippen LogP contribution in [0.4, 0.5) is 5.69 Å². The molecule has 0 bridgehead atoms. The Balaban J connectivity index is 1.94. The first-order valence-electron chi connectivity index (χ1n) is 7.74. The zero-order valence-electron chi connectivity index (χ0n) is 13.8. The summed E-state index contributed by atoms with van der Waals surface area (Å²) >= 11 is 0. The number of nitrogens with zero attached hydrogens (tertiary/aromatic N) is 1. The lowest BCUT2D eigenvalue weighted by Crippen LogP contribution is -2.40. The fourth-order valence-corrected chi connectivity index (χ4v) is 4.32. The molecule has 128 valence electrons. The summed E-state index contributed by atoms with van der Waals surface area (Å²) in [6, 6.07) is 7.22. The van der Waals surface area contributed by atoms with Crippen molar-refractivity contribution in [3.8, 4) is 5.75 Å². The van der Waals surface area contributed by atoms with Crippen LogP contribution in [-0.4, -0.2) is 56.5 Å². The normalized spacial score (nSPS) is 19.6. The van der Waals surface area contributed by atoms with Gasteiger partial charge in [0, 0.05) is 13.1 Å². The first-order valence-corrected chi connectivity index (χ1v) is 9.56. The molecule has 1 aromatic carbocycles. The number of ether oxygens (including phenoxy) is 1. The quantitative estimate of drug-likeness (QED) is 0.850. The van der Waals surface area contributed by atoms with Gasteiger partial charge in [0.25, 0.3) is 0 Å². The minimum absolute atomic E-state index is 0.0417. The van der Waals surface area contributed by atoms with E-state index in [1.165, 1.54) is 4.90 Å². The number of benzene rings is 1. The molecular formula is C16H24N2O4S. The van der Waals surface area contributed by atoms with Gasteiger partial charge in [-0.05, 0) is 32.4 Å². The SMILES string of the molecule is CC(C)Oc1ccccc1NCC(=O)N(C)C1CCS(=O)(=O)C1. The van der Waals surface area contributed by atoms with Crippen molar-refractivity contribution in [3.63, 3.8) is 0 Å². The number of amides is 1. The Bertz CT molecular complexity index is 658. The predicted molar refractivity (Wildman–Crippen MR) is 90.5 cm³/mol. The van der Waals surface area contributed by atoms with E-state index in [4.69, 9.17) is 4.74 Å². The minimum atomic E-state index is -3.00. The van der Waals surface area contributed by atoms with Gasteiger partial charge in [-0.25, -0.2) is 8.42 Å². The van der Waals surface area contributed by atoms with Gasteiger partial charge in [0.1, 0.15) is 5.75 Å². The third-order valence-corrected chi connectivity index (χ3v) is 5.58. The number of nitrogens with one attached hydrogen (secondary N) is 1. The Morgan fingerprint density at radius 2 is 2.09 bits per heavy atom. The summed E-state index contributed by atoms with van der Waals surface area (Å²) in [5.41, 5.74) is 0.752. The van der Waals surface area contributed by atoms with E-state index < -0.39 is 9.84 Å². The molecule has 1 aliphatic rings. The van der Waals surface area contributed by atoms with Crippen molar-refractivity contribution < 1.29 is 17.9 Å². The smallest absolute Gasteiger partial charge is 0.241 e. The summed E-state index contributed by atoms with van der Waals surface area (Å²) in [6.07, 6.45) is 0.553. The number of likely N-dealkylation sites (N-methyl/N-ethyl adjacent to an activating group) is 1. The molecule has 0 saturated carbocycles. The Kier molecular flexibility index (Phi) is 5.51. The molecule has 1 atom stereocenters. The fourth-order valence-electron chi connectivity index (χ4n) is 2.55. The van der Waals surface area contributed by atoms with Gasteiger partial charge in [0.2, 0.25) is 5.91 Å². The lowest BCUT2D eigenvalue weighted by atomic mass is 10.2. The maximum atomic E-state index is 12.3. The average Bonchev–Trinajstić information content (AvgIpc) is 2.85. The zero-order chi connectivity index (χ0) is 17.0. The van der Waals surface area contributed by atoms with Crippen LogP contribution in [0.15, 0.2) is 24.3 Å². The van der Waals surface area contributed by atoms with Gasteiger partial charge in [0.05, 0.1) is 29.8 Å². The highest BCUT2D eigenvalue weighted by Gasteiger charge is 2.32. The van der Waals surface area contributed by atoms with Crippen LogP contribution in [0.5, 0.6) is 5.75 Å². The maximum Gasteiger partial charge on any atom is 0.241 e. The summed E-state index contributed by atoms with van der Waals surface area (Å²) in [5, 5.41) is 3.08. The first-order chi connectivity index (χ1) is 10.8. The van der Waals surface area contributed by atoms with Gasteiger partial charge in [-0.15, -0.1) is 0 Å². The number of rotatable bonds is 6. The lowest BCUT2D eigenvalue weighted by Gasteiger charge is -2.24. The Hall–Kier alpha value is -1.76. The molecule has 1 heterocycles. The molecule has 0 aromatic heterocycles. The van der Waals surface area contributed by atoms with Crippen LogP contribution >= 0.6 is 0 Å². The van der Waals surface area contributed by atoms with Gasteiger partial charge < -0.3 is 15.0 Å². The van der Waals surface area contributed by atoms with E-state index >= 15 is 0 Å². The summed E-state index contributed by atoms with van der Waals surface area (Å²) in [5.74, 6) is 0.781. The Labute approximate surface area is 137 Å². The number of hydrogen-bond acceptors (Lipinski definition) is 5. The molecule has 1 amide bonds. The van der Waals surface area contributed by atoms with Crippen molar-refractivity contribution in [1.82, 2.24) is 4.90 Å². The fraction of sp³-hybridized carbons (Fsp3) is 0.562. The van der Waals surface area contributed by atoms with Crippen molar-refractivity contribution in [1.29, 1.82) is 0 Å². The molecule has 6 nitrogen and oxygen atoms in total. The van der Waals surface area contributed by atoms with Gasteiger partial charge in [-0.1, -0.05) is 12.1 Å². The molecular weight excluding hydrogens is 316 g/mol. The zero-order valence-corrected chi connectivity index (χ0v) is 14.6. The number of carbonyl (C=O) groups excluding carboxylic acids is 1. The molecule has 1 aliphatic heterocycles. The molecule has 0 radical (unpaired) electrons. The van der Waals surface area contributed by atoms with E-state index in [0.29, 0.717) is 12.2 Å². The highest BCUT2D eigenvalue weighted by molar-refractivity contribution is 7.91. The second kappa shape index (κ2) is 7.21. The lowest BCUT2D eigenvalue weighted by molar-refractivity contribution is -0.129.